The van der Waals surface area contributed by atoms with E-state index in [1.807, 2.05) is 6.20 Å². The number of anilines is 2. The smallest absolute Gasteiger partial charge is 0.137 e. The molecule has 0 radical (unpaired) electrons. The molecule has 5 aromatic carbocycles. The summed E-state index contributed by atoms with van der Waals surface area (Å²) in [4.78, 5) is 10.1. The third kappa shape index (κ3) is 8.78. The van der Waals surface area contributed by atoms with Crippen molar-refractivity contribution in [3.63, 3.8) is 0 Å². The van der Waals surface area contributed by atoms with E-state index >= 15 is 0 Å². The molecule has 0 atom stereocenters. The second-order valence-electron chi connectivity index (χ2n) is 24.4. The van der Waals surface area contributed by atoms with Crippen LogP contribution in [-0.4, -0.2) is 16.2 Å². The number of aromatic nitrogens is 2. The number of hydrogen-bond acceptors (Lipinski definition) is 4. The summed E-state index contributed by atoms with van der Waals surface area (Å²) >= 11 is 0. The Morgan fingerprint density at radius 1 is 0.439 bits per heavy atom. The molecule has 0 aliphatic carbocycles. The molecule has 0 saturated carbocycles. The lowest BCUT2D eigenvalue weighted by Gasteiger charge is -2.35. The van der Waals surface area contributed by atoms with Crippen LogP contribution < -0.4 is 14.5 Å². The second kappa shape index (κ2) is 16.2. The minimum Gasteiger partial charge on any atom is -0.457 e. The van der Waals surface area contributed by atoms with Crippen LogP contribution in [0.25, 0.3) is 27.6 Å². The van der Waals surface area contributed by atoms with Crippen molar-refractivity contribution in [2.24, 2.45) is 10.8 Å². The van der Waals surface area contributed by atoms with E-state index in [4.69, 9.17) is 9.72 Å². The lowest BCUT2D eigenvalue weighted by atomic mass is 9.75. The zero-order valence-electron chi connectivity index (χ0n) is 43.0. The van der Waals surface area contributed by atoms with Gasteiger partial charge in [-0.25, -0.2) is 4.98 Å². The number of rotatable bonds is 7. The molecule has 0 fully saturated rings. The van der Waals surface area contributed by atoms with Crippen LogP contribution in [0.4, 0.5) is 11.4 Å². The fourth-order valence-corrected chi connectivity index (χ4v) is 9.89. The van der Waals surface area contributed by atoms with E-state index in [2.05, 4.69) is 253 Å². The van der Waals surface area contributed by atoms with Gasteiger partial charge in [0.05, 0.1) is 17.7 Å². The number of ether oxygens (including phenoxy) is 1. The second-order valence-corrected chi connectivity index (χ2v) is 24.4. The minimum absolute atomic E-state index is 0.0208. The Labute approximate surface area is 396 Å². The van der Waals surface area contributed by atoms with Gasteiger partial charge in [-0.05, 0) is 92.6 Å². The standard InChI is InChI=1S/C61H74N4O/c1-56(2,3)41-30-31-62-52(35-41)65-50-29-22-21-28-48(50)53-49(58(7,8)9)37-47(38-51(53)65)66-46-27-23-26-44(36-46)63-39-64(55(60(13,14)15)54(63)59(10,11)12)45-33-42(57(4,5)6)32-43(34-45)61(16,17)40-24-19-18-20-25-40/h18-38H,39H2,1-17H3. The predicted molar refractivity (Wildman–Crippen MR) is 282 cm³/mol. The van der Waals surface area contributed by atoms with E-state index in [0.717, 1.165) is 34.0 Å². The van der Waals surface area contributed by atoms with E-state index in [9.17, 15) is 0 Å². The van der Waals surface area contributed by atoms with Gasteiger partial charge in [0.1, 0.15) is 17.3 Å². The third-order valence-electron chi connectivity index (χ3n) is 13.5. The lowest BCUT2D eigenvalue weighted by Crippen LogP contribution is -2.32. The SMILES string of the molecule is CC(C)(C)C1=C(C(C)(C)C)N(c2cc(C(C)(C)C)cc(C(C)(C)c3ccccc3)c2)CN1c1cccc(Oc2cc(C(C)(C)C)c3c4ccccc4n(-c4cc(C(C)(C)C)ccn4)c3c2)c1. The first-order valence-corrected chi connectivity index (χ1v) is 24.0. The molecule has 66 heavy (non-hydrogen) atoms. The van der Waals surface area contributed by atoms with Gasteiger partial charge in [-0.3, -0.25) is 4.57 Å². The van der Waals surface area contributed by atoms with Crippen LogP contribution in [-0.2, 0) is 21.7 Å². The molecule has 0 amide bonds. The predicted octanol–water partition coefficient (Wildman–Crippen LogP) is 16.8. The lowest BCUT2D eigenvalue weighted by molar-refractivity contribution is 0.444. The van der Waals surface area contributed by atoms with Gasteiger partial charge in [0.15, 0.2) is 0 Å². The summed E-state index contributed by atoms with van der Waals surface area (Å²) in [6.45, 7) is 40.2. The van der Waals surface area contributed by atoms with E-state index < -0.39 is 0 Å². The largest absolute Gasteiger partial charge is 0.457 e. The quantitative estimate of drug-likeness (QED) is 0.160. The highest BCUT2D eigenvalue weighted by Gasteiger charge is 2.42. The Morgan fingerprint density at radius 2 is 1.05 bits per heavy atom. The Balaban J connectivity index is 1.26. The van der Waals surface area contributed by atoms with Crippen LogP contribution in [0.2, 0.25) is 0 Å². The molecular weight excluding hydrogens is 805 g/mol. The third-order valence-corrected chi connectivity index (χ3v) is 13.5. The number of nitrogens with zero attached hydrogens (tertiary/aromatic N) is 4. The maximum Gasteiger partial charge on any atom is 0.137 e. The summed E-state index contributed by atoms with van der Waals surface area (Å²) in [5, 5.41) is 2.45. The van der Waals surface area contributed by atoms with Crippen LogP contribution in [0, 0.1) is 10.8 Å². The number of hydrogen-bond donors (Lipinski definition) is 0. The minimum atomic E-state index is -0.196. The monoisotopic (exact) mass is 879 g/mol. The molecule has 344 valence electrons. The van der Waals surface area contributed by atoms with E-state index in [1.54, 1.807) is 0 Å². The van der Waals surface area contributed by atoms with Gasteiger partial charge in [-0.2, -0.15) is 0 Å². The van der Waals surface area contributed by atoms with Gasteiger partial charge in [-0.15, -0.1) is 0 Å². The topological polar surface area (TPSA) is 33.5 Å². The van der Waals surface area contributed by atoms with Crippen molar-refractivity contribution in [1.29, 1.82) is 0 Å². The van der Waals surface area contributed by atoms with Crippen molar-refractivity contribution in [3.8, 4) is 17.3 Å². The highest BCUT2D eigenvalue weighted by Crippen LogP contribution is 2.50. The van der Waals surface area contributed by atoms with Gasteiger partial charge in [0.2, 0.25) is 0 Å². The molecule has 1 aliphatic heterocycles. The van der Waals surface area contributed by atoms with Crippen LogP contribution in [0.3, 0.4) is 0 Å². The van der Waals surface area contributed by atoms with Gasteiger partial charge >= 0.3 is 0 Å². The number of benzene rings is 5. The molecule has 8 rings (SSSR count). The Kier molecular flexibility index (Phi) is 11.5. The van der Waals surface area contributed by atoms with Crippen LogP contribution in [0.15, 0.2) is 139 Å². The maximum absolute atomic E-state index is 7.07. The first kappa shape index (κ1) is 46.7. The highest BCUT2D eigenvalue weighted by molar-refractivity contribution is 6.11. The van der Waals surface area contributed by atoms with Crippen molar-refractivity contribution < 1.29 is 4.74 Å². The zero-order chi connectivity index (χ0) is 47.9. The van der Waals surface area contributed by atoms with Crippen molar-refractivity contribution in [3.05, 3.63) is 167 Å². The summed E-state index contributed by atoms with van der Waals surface area (Å²) in [6.07, 6.45) is 1.95. The summed E-state index contributed by atoms with van der Waals surface area (Å²) in [6, 6.07) is 44.6. The first-order chi connectivity index (χ1) is 30.6. The van der Waals surface area contributed by atoms with Gasteiger partial charge in [0.25, 0.3) is 0 Å². The number of fused-ring (bicyclic) bond motifs is 3. The summed E-state index contributed by atoms with van der Waals surface area (Å²) in [7, 11) is 0. The van der Waals surface area contributed by atoms with E-state index in [0.29, 0.717) is 6.67 Å². The molecular formula is C61H74N4O. The van der Waals surface area contributed by atoms with Crippen LogP contribution in [0.1, 0.15) is 146 Å². The summed E-state index contributed by atoms with van der Waals surface area (Å²) in [5.74, 6) is 2.51. The Hall–Kier alpha value is -5.81. The number of allylic oxidation sites excluding steroid dienone is 2. The maximum atomic E-state index is 7.07. The van der Waals surface area contributed by atoms with Crippen LogP contribution >= 0.6 is 0 Å². The van der Waals surface area contributed by atoms with Crippen molar-refractivity contribution in [2.75, 3.05) is 16.5 Å². The molecule has 0 saturated heterocycles. The van der Waals surface area contributed by atoms with E-state index in [1.165, 1.54) is 55.7 Å². The van der Waals surface area contributed by atoms with Gasteiger partial charge in [0, 0.05) is 68.1 Å². The zero-order valence-corrected chi connectivity index (χ0v) is 43.0. The molecule has 7 aromatic rings. The Bertz CT molecular complexity index is 2970. The average Bonchev–Trinajstić information content (AvgIpc) is 3.81. The molecule has 0 N–H and O–H groups in total. The molecule has 0 spiro atoms. The van der Waals surface area contributed by atoms with Crippen LogP contribution in [0.5, 0.6) is 11.5 Å². The fourth-order valence-electron chi connectivity index (χ4n) is 9.89. The summed E-state index contributed by atoms with van der Waals surface area (Å²) in [5.41, 5.74) is 12.9. The normalized spacial score (nSPS) is 14.6. The van der Waals surface area contributed by atoms with Gasteiger partial charge < -0.3 is 14.5 Å². The highest BCUT2D eigenvalue weighted by atomic mass is 16.5. The molecule has 5 nitrogen and oxygen atoms in total. The number of para-hydroxylation sites is 1. The van der Waals surface area contributed by atoms with Gasteiger partial charge in [-0.1, -0.05) is 178 Å². The first-order valence-electron chi connectivity index (χ1n) is 24.0. The average molecular weight is 879 g/mol. The van der Waals surface area contributed by atoms with Crippen molar-refractivity contribution in [2.45, 2.75) is 139 Å². The van der Waals surface area contributed by atoms with Crippen molar-refractivity contribution in [1.82, 2.24) is 9.55 Å². The molecule has 1 aliphatic rings. The molecule has 5 heteroatoms. The molecule has 2 aromatic heterocycles. The number of pyridine rings is 1. The summed E-state index contributed by atoms with van der Waals surface area (Å²) < 4.78 is 9.40. The fraction of sp³-hybridized carbons (Fsp3) is 0.393. The molecule has 0 bridgehead atoms. The van der Waals surface area contributed by atoms with Crippen molar-refractivity contribution >= 4 is 33.2 Å². The molecule has 3 heterocycles. The van der Waals surface area contributed by atoms with E-state index in [-0.39, 0.29) is 32.5 Å². The molecule has 0 unspecified atom stereocenters. The Morgan fingerprint density at radius 3 is 1.67 bits per heavy atom.